The highest BCUT2D eigenvalue weighted by Crippen LogP contribution is 2.30. The summed E-state index contributed by atoms with van der Waals surface area (Å²) in [5, 5.41) is 3.88. The lowest BCUT2D eigenvalue weighted by Gasteiger charge is -2.15. The molecule has 2 aromatic heterocycles. The molecule has 3 aromatic rings. The van der Waals surface area contributed by atoms with Gasteiger partial charge in [-0.25, -0.2) is 13.8 Å². The number of fused-ring (bicyclic) bond motifs is 1. The van der Waals surface area contributed by atoms with E-state index in [9.17, 15) is 8.78 Å². The first-order chi connectivity index (χ1) is 9.09. The molecule has 98 valence electrons. The smallest absolute Gasteiger partial charge is 0.201 e. The van der Waals surface area contributed by atoms with E-state index in [0.717, 1.165) is 11.6 Å². The van der Waals surface area contributed by atoms with E-state index in [1.54, 1.807) is 11.3 Å². The first-order valence-corrected chi connectivity index (χ1v) is 6.67. The Morgan fingerprint density at radius 1 is 1.32 bits per heavy atom. The van der Waals surface area contributed by atoms with Crippen molar-refractivity contribution in [3.63, 3.8) is 0 Å². The fourth-order valence-electron chi connectivity index (χ4n) is 2.19. The molecule has 1 aromatic carbocycles. The number of halogens is 2. The van der Waals surface area contributed by atoms with Crippen molar-refractivity contribution in [2.75, 3.05) is 5.73 Å². The number of benzene rings is 1. The number of hydrogen-bond donors (Lipinski definition) is 1. The van der Waals surface area contributed by atoms with Crippen LogP contribution in [0.3, 0.4) is 0 Å². The third-order valence-electron chi connectivity index (χ3n) is 3.18. The van der Waals surface area contributed by atoms with Crippen molar-refractivity contribution in [3.8, 4) is 0 Å². The molecule has 0 bridgehead atoms. The summed E-state index contributed by atoms with van der Waals surface area (Å²) in [6, 6.07) is 4.22. The first-order valence-electron chi connectivity index (χ1n) is 5.73. The second-order valence-electron chi connectivity index (χ2n) is 4.30. The molecule has 0 saturated carbocycles. The maximum absolute atomic E-state index is 14.0. The van der Waals surface area contributed by atoms with E-state index in [1.165, 1.54) is 10.6 Å². The standard InChI is InChI=1S/C13H11F2N3S/c1-7(8-4-5-19-6-8)18-12-10(17-13(18)16)3-2-9(14)11(12)15/h2-7H,1H3,(H2,16,17). The fraction of sp³-hybridized carbons (Fsp3) is 0.154. The Morgan fingerprint density at radius 2 is 2.11 bits per heavy atom. The van der Waals surface area contributed by atoms with Gasteiger partial charge in [-0.3, -0.25) is 0 Å². The van der Waals surface area contributed by atoms with Crippen LogP contribution in [0.1, 0.15) is 18.5 Å². The van der Waals surface area contributed by atoms with Crippen molar-refractivity contribution >= 4 is 28.3 Å². The lowest BCUT2D eigenvalue weighted by atomic mass is 10.1. The summed E-state index contributed by atoms with van der Waals surface area (Å²) in [4.78, 5) is 4.08. The molecule has 0 aliphatic carbocycles. The monoisotopic (exact) mass is 279 g/mol. The molecule has 19 heavy (non-hydrogen) atoms. The lowest BCUT2D eigenvalue weighted by Crippen LogP contribution is -2.10. The highest BCUT2D eigenvalue weighted by Gasteiger charge is 2.20. The van der Waals surface area contributed by atoms with E-state index in [2.05, 4.69) is 4.98 Å². The van der Waals surface area contributed by atoms with E-state index in [-0.39, 0.29) is 17.5 Å². The van der Waals surface area contributed by atoms with Gasteiger partial charge in [0.2, 0.25) is 5.95 Å². The normalized spacial score (nSPS) is 13.0. The zero-order valence-electron chi connectivity index (χ0n) is 10.1. The van der Waals surface area contributed by atoms with Crippen molar-refractivity contribution < 1.29 is 8.78 Å². The van der Waals surface area contributed by atoms with Crippen LogP contribution in [0.4, 0.5) is 14.7 Å². The number of nitrogen functional groups attached to an aromatic ring is 1. The minimum Gasteiger partial charge on any atom is -0.369 e. The van der Waals surface area contributed by atoms with Gasteiger partial charge >= 0.3 is 0 Å². The van der Waals surface area contributed by atoms with Crippen LogP contribution < -0.4 is 5.73 Å². The molecule has 0 amide bonds. The maximum atomic E-state index is 14.0. The number of aromatic nitrogens is 2. The van der Waals surface area contributed by atoms with Crippen LogP contribution in [0.25, 0.3) is 11.0 Å². The van der Waals surface area contributed by atoms with E-state index in [0.29, 0.717) is 5.52 Å². The summed E-state index contributed by atoms with van der Waals surface area (Å²) in [6.07, 6.45) is 0. The van der Waals surface area contributed by atoms with Crippen molar-refractivity contribution in [1.29, 1.82) is 0 Å². The fourth-order valence-corrected chi connectivity index (χ4v) is 2.94. The summed E-state index contributed by atoms with van der Waals surface area (Å²) < 4.78 is 28.9. The van der Waals surface area contributed by atoms with Crippen LogP contribution in [-0.2, 0) is 0 Å². The van der Waals surface area contributed by atoms with E-state index < -0.39 is 11.6 Å². The lowest BCUT2D eigenvalue weighted by molar-refractivity contribution is 0.509. The van der Waals surface area contributed by atoms with E-state index in [1.807, 2.05) is 23.8 Å². The highest BCUT2D eigenvalue weighted by atomic mass is 32.1. The number of anilines is 1. The first kappa shape index (κ1) is 12.1. The molecule has 0 spiro atoms. The van der Waals surface area contributed by atoms with Gasteiger partial charge in [0.05, 0.1) is 11.6 Å². The summed E-state index contributed by atoms with van der Waals surface area (Å²) in [5.41, 5.74) is 7.30. The molecule has 2 N–H and O–H groups in total. The Balaban J connectivity index is 2.28. The molecule has 0 aliphatic rings. The Morgan fingerprint density at radius 3 is 2.79 bits per heavy atom. The molecule has 6 heteroatoms. The minimum atomic E-state index is -0.913. The van der Waals surface area contributed by atoms with Gasteiger partial charge in [-0.15, -0.1) is 0 Å². The second kappa shape index (κ2) is 4.31. The third kappa shape index (κ3) is 1.79. The van der Waals surface area contributed by atoms with Crippen LogP contribution in [-0.4, -0.2) is 9.55 Å². The molecule has 3 nitrogen and oxygen atoms in total. The van der Waals surface area contributed by atoms with Gasteiger partial charge in [-0.1, -0.05) is 0 Å². The molecular weight excluding hydrogens is 268 g/mol. The Bertz CT molecular complexity index is 734. The predicted molar refractivity (Wildman–Crippen MR) is 72.2 cm³/mol. The van der Waals surface area contributed by atoms with Gasteiger partial charge in [0.25, 0.3) is 0 Å². The average Bonchev–Trinajstić information content (AvgIpc) is 3.00. The Hall–Kier alpha value is -1.95. The molecule has 1 atom stereocenters. The van der Waals surface area contributed by atoms with Gasteiger partial charge in [0.1, 0.15) is 5.52 Å². The van der Waals surface area contributed by atoms with E-state index in [4.69, 9.17) is 5.73 Å². The topological polar surface area (TPSA) is 43.8 Å². The number of nitrogens with two attached hydrogens (primary N) is 1. The minimum absolute atomic E-state index is 0.108. The summed E-state index contributed by atoms with van der Waals surface area (Å²) >= 11 is 1.54. The van der Waals surface area contributed by atoms with E-state index >= 15 is 0 Å². The van der Waals surface area contributed by atoms with Crippen LogP contribution >= 0.6 is 11.3 Å². The van der Waals surface area contributed by atoms with Gasteiger partial charge in [0.15, 0.2) is 11.6 Å². The zero-order chi connectivity index (χ0) is 13.6. The molecule has 1 unspecified atom stereocenters. The highest BCUT2D eigenvalue weighted by molar-refractivity contribution is 7.07. The number of hydrogen-bond acceptors (Lipinski definition) is 3. The number of nitrogens with zero attached hydrogens (tertiary/aromatic N) is 2. The maximum Gasteiger partial charge on any atom is 0.201 e. The largest absolute Gasteiger partial charge is 0.369 e. The van der Waals surface area contributed by atoms with Crippen LogP contribution in [0.5, 0.6) is 0 Å². The zero-order valence-corrected chi connectivity index (χ0v) is 10.9. The molecule has 0 fully saturated rings. The van der Waals surface area contributed by atoms with Crippen LogP contribution in [0.15, 0.2) is 29.0 Å². The molecule has 0 aliphatic heterocycles. The second-order valence-corrected chi connectivity index (χ2v) is 5.08. The Kier molecular flexibility index (Phi) is 2.74. The number of thiophene rings is 1. The van der Waals surface area contributed by atoms with Crippen molar-refractivity contribution in [2.24, 2.45) is 0 Å². The summed E-state index contributed by atoms with van der Waals surface area (Å²) in [5.74, 6) is -1.63. The summed E-state index contributed by atoms with van der Waals surface area (Å²) in [6.45, 7) is 1.88. The third-order valence-corrected chi connectivity index (χ3v) is 3.88. The summed E-state index contributed by atoms with van der Waals surface area (Å²) in [7, 11) is 0. The number of rotatable bonds is 2. The predicted octanol–water partition coefficient (Wildman–Crippen LogP) is 3.57. The van der Waals surface area contributed by atoms with Gasteiger partial charge in [0, 0.05) is 0 Å². The molecule has 0 radical (unpaired) electrons. The van der Waals surface area contributed by atoms with Crippen LogP contribution in [0, 0.1) is 11.6 Å². The van der Waals surface area contributed by atoms with Crippen LogP contribution in [0.2, 0.25) is 0 Å². The van der Waals surface area contributed by atoms with Crippen molar-refractivity contribution in [3.05, 3.63) is 46.2 Å². The van der Waals surface area contributed by atoms with Gasteiger partial charge in [-0.05, 0) is 41.4 Å². The SMILES string of the molecule is CC(c1ccsc1)n1c(N)nc2ccc(F)c(F)c21. The molecule has 3 rings (SSSR count). The molecule has 0 saturated heterocycles. The van der Waals surface area contributed by atoms with Gasteiger partial charge in [-0.2, -0.15) is 11.3 Å². The van der Waals surface area contributed by atoms with Crippen molar-refractivity contribution in [1.82, 2.24) is 9.55 Å². The van der Waals surface area contributed by atoms with Crippen molar-refractivity contribution in [2.45, 2.75) is 13.0 Å². The molecule has 2 heterocycles. The molecular formula is C13H11F2N3S. The average molecular weight is 279 g/mol. The van der Waals surface area contributed by atoms with Gasteiger partial charge < -0.3 is 10.3 Å². The quantitative estimate of drug-likeness (QED) is 0.779. The Labute approximate surface area is 112 Å². The number of imidazole rings is 1.